The maximum absolute atomic E-state index is 13.5. The molecule has 2 heterocycles. The van der Waals surface area contributed by atoms with Crippen LogP contribution in [0.5, 0.6) is 0 Å². The summed E-state index contributed by atoms with van der Waals surface area (Å²) < 4.78 is 5.37. The molecule has 1 N–H and O–H groups in total. The molecule has 1 aliphatic heterocycles. The summed E-state index contributed by atoms with van der Waals surface area (Å²) in [4.78, 5) is 28.9. The minimum atomic E-state index is -0.409. The van der Waals surface area contributed by atoms with Gasteiger partial charge in [0.15, 0.2) is 0 Å². The summed E-state index contributed by atoms with van der Waals surface area (Å²) in [5.41, 5.74) is 1.14. The summed E-state index contributed by atoms with van der Waals surface area (Å²) >= 11 is 0. The van der Waals surface area contributed by atoms with Crippen molar-refractivity contribution in [3.8, 4) is 0 Å². The van der Waals surface area contributed by atoms with E-state index in [4.69, 9.17) is 4.42 Å². The van der Waals surface area contributed by atoms with Crippen LogP contribution in [0.25, 0.3) is 0 Å². The van der Waals surface area contributed by atoms with E-state index in [0.29, 0.717) is 18.7 Å². The molecule has 1 spiro atoms. The van der Waals surface area contributed by atoms with Gasteiger partial charge in [-0.2, -0.15) is 0 Å². The molecule has 2 aliphatic rings. The van der Waals surface area contributed by atoms with Crippen LogP contribution >= 0.6 is 0 Å². The fraction of sp³-hybridized carbons (Fsp3) is 0.478. The molecule has 0 bridgehead atoms. The van der Waals surface area contributed by atoms with Crippen LogP contribution in [0.2, 0.25) is 0 Å². The van der Waals surface area contributed by atoms with Crippen molar-refractivity contribution in [3.63, 3.8) is 0 Å². The number of unbranched alkanes of at least 4 members (excludes halogenated alkanes) is 1. The number of hydrogen-bond donors (Lipinski definition) is 1. The van der Waals surface area contributed by atoms with Crippen LogP contribution < -0.4 is 5.32 Å². The van der Waals surface area contributed by atoms with E-state index in [1.807, 2.05) is 41.3 Å². The number of fused-ring (bicyclic) bond motifs is 1. The summed E-state index contributed by atoms with van der Waals surface area (Å²) in [6, 6.07) is 11.3. The van der Waals surface area contributed by atoms with E-state index in [-0.39, 0.29) is 17.7 Å². The monoisotopic (exact) mass is 380 g/mol. The number of rotatable bonds is 6. The molecule has 1 fully saturated rings. The molecule has 0 unspecified atom stereocenters. The zero-order valence-electron chi connectivity index (χ0n) is 16.4. The van der Waals surface area contributed by atoms with Gasteiger partial charge in [0.2, 0.25) is 5.91 Å². The first kappa shape index (κ1) is 18.8. The Morgan fingerprint density at radius 1 is 1.21 bits per heavy atom. The van der Waals surface area contributed by atoms with Crippen LogP contribution in [0, 0.1) is 0 Å². The number of carbonyl (C=O) groups excluding carboxylic acids is 2. The minimum Gasteiger partial charge on any atom is -0.467 e. The van der Waals surface area contributed by atoms with Crippen LogP contribution in [0.15, 0.2) is 47.1 Å². The molecule has 28 heavy (non-hydrogen) atoms. The number of nitrogens with one attached hydrogen (secondary N) is 1. The number of carbonyl (C=O) groups is 2. The summed E-state index contributed by atoms with van der Waals surface area (Å²) in [6.07, 6.45) is 7.47. The quantitative estimate of drug-likeness (QED) is 0.815. The molecule has 2 aromatic rings. The van der Waals surface area contributed by atoms with Crippen molar-refractivity contribution in [2.45, 2.75) is 63.5 Å². The van der Waals surface area contributed by atoms with Crippen LogP contribution in [0.1, 0.15) is 73.0 Å². The largest absolute Gasteiger partial charge is 0.467 e. The van der Waals surface area contributed by atoms with Gasteiger partial charge in [0.05, 0.1) is 24.3 Å². The zero-order chi connectivity index (χ0) is 19.6. The van der Waals surface area contributed by atoms with Gasteiger partial charge < -0.3 is 14.6 Å². The molecule has 0 saturated heterocycles. The molecule has 1 aromatic carbocycles. The average molecular weight is 380 g/mol. The third kappa shape index (κ3) is 3.13. The van der Waals surface area contributed by atoms with Crippen LogP contribution in [0.4, 0.5) is 0 Å². The van der Waals surface area contributed by atoms with Crippen LogP contribution in [0.3, 0.4) is 0 Å². The summed E-state index contributed by atoms with van der Waals surface area (Å²) in [7, 11) is 0. The molecular formula is C23H28N2O3. The van der Waals surface area contributed by atoms with E-state index in [1.165, 1.54) is 0 Å². The maximum atomic E-state index is 13.5. The first-order valence-electron chi connectivity index (χ1n) is 10.4. The minimum absolute atomic E-state index is 0.0141. The van der Waals surface area contributed by atoms with Crippen molar-refractivity contribution in [2.24, 2.45) is 0 Å². The highest BCUT2D eigenvalue weighted by molar-refractivity contribution is 6.02. The maximum Gasteiger partial charge on any atom is 0.254 e. The lowest BCUT2D eigenvalue weighted by molar-refractivity contribution is -0.126. The lowest BCUT2D eigenvalue weighted by Gasteiger charge is -2.50. The van der Waals surface area contributed by atoms with Gasteiger partial charge in [-0.15, -0.1) is 0 Å². The first-order chi connectivity index (χ1) is 13.7. The van der Waals surface area contributed by atoms with E-state index in [9.17, 15) is 9.59 Å². The summed E-state index contributed by atoms with van der Waals surface area (Å²) in [5.74, 6) is 0.466. The molecule has 5 nitrogen and oxygen atoms in total. The van der Waals surface area contributed by atoms with E-state index in [1.54, 1.807) is 6.26 Å². The molecular weight excluding hydrogens is 352 g/mol. The molecule has 1 atom stereocenters. The SMILES string of the molecule is CCCCN1C(=O)c2ccccc2[C@H](C(=O)NCc2ccco2)C12CCCC2. The Labute approximate surface area is 166 Å². The molecule has 2 amide bonds. The number of hydrogen-bond acceptors (Lipinski definition) is 3. The van der Waals surface area contributed by atoms with Crippen molar-refractivity contribution in [1.82, 2.24) is 10.2 Å². The Kier molecular flexibility index (Phi) is 5.25. The lowest BCUT2D eigenvalue weighted by Crippen LogP contribution is -2.60. The first-order valence-corrected chi connectivity index (χ1v) is 10.4. The fourth-order valence-electron chi connectivity index (χ4n) is 5.00. The normalized spacial score (nSPS) is 20.4. The third-order valence-corrected chi connectivity index (χ3v) is 6.31. The Bertz CT molecular complexity index is 837. The molecule has 4 rings (SSSR count). The molecule has 148 valence electrons. The predicted octanol–water partition coefficient (Wildman–Crippen LogP) is 4.25. The molecule has 0 radical (unpaired) electrons. The highest BCUT2D eigenvalue weighted by Gasteiger charge is 2.55. The van der Waals surface area contributed by atoms with Gasteiger partial charge in [-0.25, -0.2) is 0 Å². The highest BCUT2D eigenvalue weighted by atomic mass is 16.3. The lowest BCUT2D eigenvalue weighted by atomic mass is 9.71. The van der Waals surface area contributed by atoms with Gasteiger partial charge >= 0.3 is 0 Å². The second kappa shape index (κ2) is 7.82. The Hall–Kier alpha value is -2.56. The molecule has 1 aromatic heterocycles. The smallest absolute Gasteiger partial charge is 0.254 e. The Morgan fingerprint density at radius 3 is 2.71 bits per heavy atom. The van der Waals surface area contributed by atoms with Crippen molar-refractivity contribution in [3.05, 3.63) is 59.5 Å². The van der Waals surface area contributed by atoms with Gasteiger partial charge in [-0.3, -0.25) is 9.59 Å². The van der Waals surface area contributed by atoms with Crippen LogP contribution in [-0.2, 0) is 11.3 Å². The topological polar surface area (TPSA) is 62.6 Å². The van der Waals surface area contributed by atoms with Gasteiger partial charge in [-0.05, 0) is 43.0 Å². The van der Waals surface area contributed by atoms with Gasteiger partial charge in [0.25, 0.3) is 5.91 Å². The number of nitrogens with zero attached hydrogens (tertiary/aromatic N) is 1. The molecule has 1 aliphatic carbocycles. The third-order valence-electron chi connectivity index (χ3n) is 6.31. The van der Waals surface area contributed by atoms with Crippen molar-refractivity contribution >= 4 is 11.8 Å². The average Bonchev–Trinajstić information content (AvgIpc) is 3.39. The van der Waals surface area contributed by atoms with E-state index < -0.39 is 5.54 Å². The Morgan fingerprint density at radius 2 is 2.00 bits per heavy atom. The van der Waals surface area contributed by atoms with E-state index >= 15 is 0 Å². The van der Waals surface area contributed by atoms with Crippen LogP contribution in [-0.4, -0.2) is 28.8 Å². The second-order valence-corrected chi connectivity index (χ2v) is 7.94. The number of amides is 2. The fourth-order valence-corrected chi connectivity index (χ4v) is 5.00. The van der Waals surface area contributed by atoms with Crippen molar-refractivity contribution < 1.29 is 14.0 Å². The second-order valence-electron chi connectivity index (χ2n) is 7.94. The predicted molar refractivity (Wildman–Crippen MR) is 107 cm³/mol. The summed E-state index contributed by atoms with van der Waals surface area (Å²) in [5, 5.41) is 3.07. The Balaban J connectivity index is 1.72. The van der Waals surface area contributed by atoms with Gasteiger partial charge in [-0.1, -0.05) is 44.4 Å². The number of furan rings is 1. The standard InChI is InChI=1S/C23H28N2O3/c1-2-3-14-25-22(27)19-11-5-4-10-18(19)20(23(25)12-6-7-13-23)21(26)24-16-17-9-8-15-28-17/h4-5,8-11,15,20H,2-3,6-7,12-14,16H2,1H3,(H,24,26)/t20-/m1/s1. The van der Waals surface area contributed by atoms with Crippen molar-refractivity contribution in [2.75, 3.05) is 6.54 Å². The summed E-state index contributed by atoms with van der Waals surface area (Å²) in [6.45, 7) is 3.21. The molecule has 1 saturated carbocycles. The molecule has 5 heteroatoms. The van der Waals surface area contributed by atoms with Gasteiger partial charge in [0.1, 0.15) is 5.76 Å². The number of benzene rings is 1. The van der Waals surface area contributed by atoms with E-state index in [2.05, 4.69) is 12.2 Å². The highest BCUT2D eigenvalue weighted by Crippen LogP contribution is 2.50. The van der Waals surface area contributed by atoms with Gasteiger partial charge in [0, 0.05) is 12.1 Å². The zero-order valence-corrected chi connectivity index (χ0v) is 16.4. The van der Waals surface area contributed by atoms with E-state index in [0.717, 1.165) is 49.8 Å². The van der Waals surface area contributed by atoms with Crippen molar-refractivity contribution in [1.29, 1.82) is 0 Å².